The first-order valence-corrected chi connectivity index (χ1v) is 8.49. The molecule has 0 saturated heterocycles. The van der Waals surface area contributed by atoms with Crippen molar-refractivity contribution in [3.8, 4) is 11.5 Å². The van der Waals surface area contributed by atoms with Gasteiger partial charge in [-0.05, 0) is 17.7 Å². The van der Waals surface area contributed by atoms with Gasteiger partial charge >= 0.3 is 5.97 Å². The third kappa shape index (κ3) is 4.50. The third-order valence-corrected chi connectivity index (χ3v) is 5.41. The zero-order valence-corrected chi connectivity index (χ0v) is 14.4. The monoisotopic (exact) mass is 371 g/mol. The number of benzene rings is 1. The van der Waals surface area contributed by atoms with Crippen LogP contribution in [0.3, 0.4) is 0 Å². The van der Waals surface area contributed by atoms with Gasteiger partial charge in [-0.2, -0.15) is 0 Å². The smallest absolute Gasteiger partial charge is 0.328 e. The third-order valence-electron chi connectivity index (χ3n) is 2.95. The van der Waals surface area contributed by atoms with Gasteiger partial charge in [-0.1, -0.05) is 18.3 Å². The summed E-state index contributed by atoms with van der Waals surface area (Å²) < 4.78 is 5.32. The number of phenolic OH excluding ortho intramolecular Hbond substituents is 2. The number of methoxy groups -OCH3 is 1. The van der Waals surface area contributed by atoms with Gasteiger partial charge in [0.1, 0.15) is 14.1 Å². The van der Waals surface area contributed by atoms with Crippen molar-refractivity contribution in [2.45, 2.75) is 12.5 Å². The molecule has 122 valence electrons. The summed E-state index contributed by atoms with van der Waals surface area (Å²) in [6, 6.07) is 3.26. The molecule has 23 heavy (non-hydrogen) atoms. The Morgan fingerprint density at radius 1 is 1.35 bits per heavy atom. The van der Waals surface area contributed by atoms with Gasteiger partial charge in [0, 0.05) is 11.8 Å². The van der Waals surface area contributed by atoms with Gasteiger partial charge in [-0.25, -0.2) is 4.79 Å². The summed E-state index contributed by atoms with van der Waals surface area (Å²) in [6.45, 7) is 0. The van der Waals surface area contributed by atoms with E-state index in [1.54, 1.807) is 11.4 Å². The second-order valence-corrected chi connectivity index (χ2v) is 7.64. The van der Waals surface area contributed by atoms with Crippen LogP contribution in [0.4, 0.5) is 0 Å². The minimum absolute atomic E-state index is 0.113. The van der Waals surface area contributed by atoms with E-state index in [-0.39, 0.29) is 17.9 Å². The molecule has 1 unspecified atom stereocenters. The molecule has 0 aliphatic heterocycles. The van der Waals surface area contributed by atoms with E-state index in [4.69, 9.17) is 17.0 Å². The van der Waals surface area contributed by atoms with Crippen LogP contribution in [0.5, 0.6) is 11.5 Å². The highest BCUT2D eigenvalue weighted by Gasteiger charge is 2.23. The molecule has 1 aromatic heterocycles. The number of nitrogens with one attached hydrogen (secondary N) is 1. The lowest BCUT2D eigenvalue weighted by Gasteiger charge is -2.16. The molecule has 1 amide bonds. The minimum atomic E-state index is -0.919. The van der Waals surface area contributed by atoms with Gasteiger partial charge in [-0.3, -0.25) is 4.79 Å². The van der Waals surface area contributed by atoms with Crippen molar-refractivity contribution in [3.63, 3.8) is 0 Å². The molecule has 6 nitrogen and oxygen atoms in total. The molecule has 0 bridgehead atoms. The van der Waals surface area contributed by atoms with Gasteiger partial charge in [0.25, 0.3) is 5.91 Å². The average molecular weight is 371 g/mol. The van der Waals surface area contributed by atoms with E-state index in [9.17, 15) is 19.8 Å². The number of phenols is 2. The zero-order chi connectivity index (χ0) is 17.0. The zero-order valence-electron chi connectivity index (χ0n) is 11.9. The largest absolute Gasteiger partial charge is 0.504 e. The second kappa shape index (κ2) is 7.53. The predicted molar refractivity (Wildman–Crippen MR) is 89.8 cm³/mol. The molecule has 9 heteroatoms. The first-order valence-electron chi connectivity index (χ1n) is 6.39. The molecule has 2 aromatic rings. The van der Waals surface area contributed by atoms with Crippen LogP contribution in [0.25, 0.3) is 0 Å². The number of amides is 1. The SMILES string of the molecule is COC(=O)C(Cc1ccc(O)c(O)c1)NC(=O)c1csc(=S)s1. The second-order valence-electron chi connectivity index (χ2n) is 4.53. The van der Waals surface area contributed by atoms with E-state index >= 15 is 0 Å². The highest BCUT2D eigenvalue weighted by molar-refractivity contribution is 7.76. The van der Waals surface area contributed by atoms with Crippen molar-refractivity contribution in [2.75, 3.05) is 7.11 Å². The van der Waals surface area contributed by atoms with Gasteiger partial charge in [0.15, 0.2) is 11.5 Å². The van der Waals surface area contributed by atoms with Crippen LogP contribution in [-0.4, -0.2) is 35.2 Å². The van der Waals surface area contributed by atoms with E-state index in [1.807, 2.05) is 0 Å². The molecular weight excluding hydrogens is 358 g/mol. The molecule has 0 radical (unpaired) electrons. The Morgan fingerprint density at radius 2 is 2.09 bits per heavy atom. The van der Waals surface area contributed by atoms with E-state index in [0.717, 1.165) is 11.3 Å². The molecule has 1 atom stereocenters. The molecule has 1 heterocycles. The van der Waals surface area contributed by atoms with E-state index in [1.165, 1.54) is 30.6 Å². The van der Waals surface area contributed by atoms with Gasteiger partial charge in [0.05, 0.1) is 7.11 Å². The molecule has 0 saturated carbocycles. The van der Waals surface area contributed by atoms with Crippen LogP contribution in [0.15, 0.2) is 23.6 Å². The van der Waals surface area contributed by atoms with E-state index < -0.39 is 17.9 Å². The first kappa shape index (κ1) is 17.4. The van der Waals surface area contributed by atoms with Crippen molar-refractivity contribution in [1.82, 2.24) is 5.32 Å². The summed E-state index contributed by atoms with van der Waals surface area (Å²) in [7, 11) is 1.23. The Bertz CT molecular complexity index is 783. The van der Waals surface area contributed by atoms with Crippen molar-refractivity contribution in [1.29, 1.82) is 0 Å². The quantitative estimate of drug-likeness (QED) is 0.424. The summed E-state index contributed by atoms with van der Waals surface area (Å²) in [5.41, 5.74) is 0.564. The maximum absolute atomic E-state index is 12.2. The number of ether oxygens (including phenoxy) is 1. The van der Waals surface area contributed by atoms with Gasteiger partial charge in [0.2, 0.25) is 0 Å². The summed E-state index contributed by atoms with van der Waals surface area (Å²) in [6.07, 6.45) is 0.113. The number of hydrogen-bond acceptors (Lipinski definition) is 8. The molecular formula is C14H13NO5S3. The molecule has 0 aliphatic carbocycles. The van der Waals surface area contributed by atoms with E-state index in [2.05, 4.69) is 5.32 Å². The predicted octanol–water partition coefficient (Wildman–Crippen LogP) is 2.46. The average Bonchev–Trinajstić information content (AvgIpc) is 2.96. The maximum atomic E-state index is 12.2. The number of esters is 1. The molecule has 0 aliphatic rings. The maximum Gasteiger partial charge on any atom is 0.328 e. The summed E-state index contributed by atoms with van der Waals surface area (Å²) in [4.78, 5) is 24.5. The molecule has 3 N–H and O–H groups in total. The Hall–Kier alpha value is -1.97. The Morgan fingerprint density at radius 3 is 2.65 bits per heavy atom. The Kier molecular flexibility index (Phi) is 5.69. The van der Waals surface area contributed by atoms with Crippen LogP contribution >= 0.6 is 34.9 Å². The van der Waals surface area contributed by atoms with E-state index in [0.29, 0.717) is 13.6 Å². The molecule has 0 fully saturated rings. The Labute approximate surface area is 145 Å². The number of aromatic hydroxyl groups is 2. The summed E-state index contributed by atoms with van der Waals surface area (Å²) >= 11 is 7.43. The van der Waals surface area contributed by atoms with Crippen molar-refractivity contribution in [2.24, 2.45) is 0 Å². The molecule has 2 rings (SSSR count). The van der Waals surface area contributed by atoms with Crippen molar-refractivity contribution in [3.05, 3.63) is 37.2 Å². The topological polar surface area (TPSA) is 95.9 Å². The Balaban J connectivity index is 2.16. The molecule has 0 spiro atoms. The van der Waals surface area contributed by atoms with Gasteiger partial charge in [-0.15, -0.1) is 22.7 Å². The summed E-state index contributed by atoms with van der Waals surface area (Å²) in [5, 5.41) is 23.0. The highest BCUT2D eigenvalue weighted by atomic mass is 32.2. The summed E-state index contributed by atoms with van der Waals surface area (Å²) in [5.74, 6) is -1.58. The number of hydrogen-bond donors (Lipinski definition) is 3. The lowest BCUT2D eigenvalue weighted by Crippen LogP contribution is -2.42. The number of rotatable bonds is 5. The fourth-order valence-electron chi connectivity index (χ4n) is 1.84. The van der Waals surface area contributed by atoms with Crippen LogP contribution < -0.4 is 5.32 Å². The van der Waals surface area contributed by atoms with Crippen molar-refractivity contribution < 1.29 is 24.5 Å². The standard InChI is InChI=1S/C14H13NO5S3/c1-20-13(19)8(4-7-2-3-9(16)10(17)5-7)15-12(18)11-6-22-14(21)23-11/h2-3,5-6,8,16-17H,4H2,1H3,(H,15,18). The van der Waals surface area contributed by atoms with Crippen molar-refractivity contribution >= 4 is 46.8 Å². The minimum Gasteiger partial charge on any atom is -0.504 e. The number of carbonyl (C=O) groups is 2. The lowest BCUT2D eigenvalue weighted by molar-refractivity contribution is -0.142. The fourth-order valence-corrected chi connectivity index (χ4v) is 3.83. The van der Waals surface area contributed by atoms with Crippen LogP contribution in [-0.2, 0) is 16.0 Å². The van der Waals surface area contributed by atoms with Crippen LogP contribution in [0.1, 0.15) is 15.2 Å². The fraction of sp³-hybridized carbons (Fsp3) is 0.214. The van der Waals surface area contributed by atoms with Crippen LogP contribution in [0.2, 0.25) is 0 Å². The number of carbonyl (C=O) groups excluding carboxylic acids is 2. The van der Waals surface area contributed by atoms with Gasteiger partial charge < -0.3 is 20.3 Å². The first-order chi connectivity index (χ1) is 10.9. The normalized spacial score (nSPS) is 11.7. The highest BCUT2D eigenvalue weighted by Crippen LogP contribution is 2.25. The lowest BCUT2D eigenvalue weighted by atomic mass is 10.1. The molecule has 1 aromatic carbocycles. The van der Waals surface area contributed by atoms with Crippen LogP contribution in [0, 0.1) is 3.14 Å².